The number of rotatable bonds is 4. The van der Waals surface area contributed by atoms with Crippen LogP contribution in [0.5, 0.6) is 0 Å². The Labute approximate surface area is 178 Å². The number of hydrogen-bond donors (Lipinski definition) is 0. The molecule has 0 atom stereocenters. The van der Waals surface area contributed by atoms with Crippen LogP contribution in [0.15, 0.2) is 42.7 Å². The molecule has 3 heterocycles. The Balaban J connectivity index is 1.45. The van der Waals surface area contributed by atoms with Crippen molar-refractivity contribution in [1.29, 1.82) is 0 Å². The van der Waals surface area contributed by atoms with Gasteiger partial charge in [-0.15, -0.1) is 0 Å². The second-order valence-electron chi connectivity index (χ2n) is 8.98. The van der Waals surface area contributed by atoms with E-state index in [0.717, 1.165) is 17.2 Å². The van der Waals surface area contributed by atoms with Crippen molar-refractivity contribution in [3.8, 4) is 11.5 Å². The van der Waals surface area contributed by atoms with Gasteiger partial charge in [-0.05, 0) is 68.0 Å². The molecule has 0 bridgehead atoms. The van der Waals surface area contributed by atoms with Gasteiger partial charge >= 0.3 is 0 Å². The molecule has 30 heavy (non-hydrogen) atoms. The molecule has 156 valence electrons. The molecule has 1 saturated carbocycles. The highest BCUT2D eigenvalue weighted by Gasteiger charge is 2.32. The largest absolute Gasteiger partial charge is 0.332 e. The Morgan fingerprint density at radius 1 is 1.03 bits per heavy atom. The first-order valence-electron chi connectivity index (χ1n) is 11.2. The summed E-state index contributed by atoms with van der Waals surface area (Å²) < 4.78 is 4.16. The van der Waals surface area contributed by atoms with E-state index in [4.69, 9.17) is 5.10 Å². The molecule has 2 aromatic heterocycles. The summed E-state index contributed by atoms with van der Waals surface area (Å²) >= 11 is 0. The van der Waals surface area contributed by atoms with Gasteiger partial charge in [-0.25, -0.2) is 4.68 Å². The summed E-state index contributed by atoms with van der Waals surface area (Å²) in [6.45, 7) is 5.54. The minimum Gasteiger partial charge on any atom is -0.332 e. The van der Waals surface area contributed by atoms with Crippen LogP contribution in [0.25, 0.3) is 11.5 Å². The summed E-state index contributed by atoms with van der Waals surface area (Å²) in [5, 5.41) is 4.97. The SMILES string of the molecule is Cc1ccc(-n2nc3c(c2-n2cccc2)CN(C(=O)CC2CCCCC2)C3)cc1C. The first-order chi connectivity index (χ1) is 14.6. The molecule has 0 saturated heterocycles. The second-order valence-corrected chi connectivity index (χ2v) is 8.98. The van der Waals surface area contributed by atoms with E-state index >= 15 is 0 Å². The van der Waals surface area contributed by atoms with Crippen LogP contribution in [0.3, 0.4) is 0 Å². The predicted octanol–water partition coefficient (Wildman–Crippen LogP) is 5.09. The standard InChI is InChI=1S/C25H30N4O/c1-18-10-11-21(14-19(18)2)29-25(27-12-6-7-13-27)22-16-28(17-23(22)26-29)24(30)15-20-8-4-3-5-9-20/h6-7,10-14,20H,3-5,8-9,15-17H2,1-2H3. The number of carbonyl (C=O) groups excluding carboxylic acids is 1. The van der Waals surface area contributed by atoms with Crippen molar-refractivity contribution in [3.05, 3.63) is 65.1 Å². The molecular formula is C25H30N4O. The highest BCUT2D eigenvalue weighted by atomic mass is 16.2. The van der Waals surface area contributed by atoms with Gasteiger partial charge in [0.2, 0.25) is 5.91 Å². The quantitative estimate of drug-likeness (QED) is 0.610. The van der Waals surface area contributed by atoms with Gasteiger partial charge in [0.15, 0.2) is 0 Å². The smallest absolute Gasteiger partial charge is 0.223 e. The average Bonchev–Trinajstić information content (AvgIpc) is 3.46. The number of hydrogen-bond acceptors (Lipinski definition) is 2. The van der Waals surface area contributed by atoms with Crippen LogP contribution in [-0.2, 0) is 17.9 Å². The lowest BCUT2D eigenvalue weighted by Crippen LogP contribution is -2.28. The Hall–Kier alpha value is -2.82. The summed E-state index contributed by atoms with van der Waals surface area (Å²) in [7, 11) is 0. The van der Waals surface area contributed by atoms with Gasteiger partial charge < -0.3 is 9.47 Å². The summed E-state index contributed by atoms with van der Waals surface area (Å²) in [5.41, 5.74) is 5.79. The van der Waals surface area contributed by atoms with Gasteiger partial charge in [-0.1, -0.05) is 25.3 Å². The average molecular weight is 403 g/mol. The van der Waals surface area contributed by atoms with E-state index in [-0.39, 0.29) is 5.91 Å². The van der Waals surface area contributed by atoms with Gasteiger partial charge in [0.25, 0.3) is 0 Å². The van der Waals surface area contributed by atoms with Gasteiger partial charge in [0.1, 0.15) is 5.82 Å². The Morgan fingerprint density at radius 3 is 2.53 bits per heavy atom. The van der Waals surface area contributed by atoms with Crippen LogP contribution in [0.4, 0.5) is 0 Å². The van der Waals surface area contributed by atoms with Gasteiger partial charge in [0, 0.05) is 24.4 Å². The van der Waals surface area contributed by atoms with E-state index in [2.05, 4.69) is 49.0 Å². The fourth-order valence-corrected chi connectivity index (χ4v) is 4.92. The minimum absolute atomic E-state index is 0.288. The third-order valence-electron chi connectivity index (χ3n) is 6.85. The lowest BCUT2D eigenvalue weighted by Gasteiger charge is -2.24. The van der Waals surface area contributed by atoms with Crippen LogP contribution >= 0.6 is 0 Å². The number of carbonyl (C=O) groups is 1. The molecule has 1 fully saturated rings. The van der Waals surface area contributed by atoms with Crippen molar-refractivity contribution in [1.82, 2.24) is 19.2 Å². The fourth-order valence-electron chi connectivity index (χ4n) is 4.92. The molecule has 0 spiro atoms. The number of aromatic nitrogens is 3. The third-order valence-corrected chi connectivity index (χ3v) is 6.85. The third kappa shape index (κ3) is 3.47. The highest BCUT2D eigenvalue weighted by molar-refractivity contribution is 5.77. The lowest BCUT2D eigenvalue weighted by molar-refractivity contribution is -0.133. The topological polar surface area (TPSA) is 43.1 Å². The number of amides is 1. The van der Waals surface area contributed by atoms with E-state index in [1.54, 1.807) is 0 Å². The maximum atomic E-state index is 13.0. The van der Waals surface area contributed by atoms with Crippen LogP contribution < -0.4 is 0 Å². The maximum absolute atomic E-state index is 13.0. The van der Waals surface area contributed by atoms with Crippen molar-refractivity contribution in [2.45, 2.75) is 65.5 Å². The molecule has 1 aliphatic carbocycles. The van der Waals surface area contributed by atoms with Crippen molar-refractivity contribution >= 4 is 5.91 Å². The molecule has 0 radical (unpaired) electrons. The molecule has 3 aromatic rings. The summed E-state index contributed by atoms with van der Waals surface area (Å²) in [5.74, 6) is 1.90. The normalized spacial score (nSPS) is 16.8. The predicted molar refractivity (Wildman–Crippen MR) is 118 cm³/mol. The zero-order chi connectivity index (χ0) is 20.7. The molecular weight excluding hydrogens is 372 g/mol. The lowest BCUT2D eigenvalue weighted by atomic mass is 9.87. The van der Waals surface area contributed by atoms with E-state index < -0.39 is 0 Å². The monoisotopic (exact) mass is 402 g/mol. The van der Waals surface area contributed by atoms with Crippen molar-refractivity contribution in [3.63, 3.8) is 0 Å². The van der Waals surface area contributed by atoms with Crippen LogP contribution in [0.2, 0.25) is 0 Å². The van der Waals surface area contributed by atoms with Crippen molar-refractivity contribution in [2.75, 3.05) is 0 Å². The maximum Gasteiger partial charge on any atom is 0.223 e. The molecule has 1 amide bonds. The van der Waals surface area contributed by atoms with E-state index in [9.17, 15) is 4.79 Å². The number of fused-ring (bicyclic) bond motifs is 1. The first kappa shape index (κ1) is 19.2. The van der Waals surface area contributed by atoms with Crippen LogP contribution in [0.1, 0.15) is 60.9 Å². The summed E-state index contributed by atoms with van der Waals surface area (Å²) in [4.78, 5) is 15.0. The van der Waals surface area contributed by atoms with Crippen molar-refractivity contribution < 1.29 is 4.79 Å². The molecule has 2 aliphatic rings. The van der Waals surface area contributed by atoms with Crippen LogP contribution in [-0.4, -0.2) is 25.2 Å². The Kier molecular flexibility index (Phi) is 4.97. The molecule has 0 unspecified atom stereocenters. The minimum atomic E-state index is 0.288. The van der Waals surface area contributed by atoms with E-state index in [1.165, 1.54) is 48.8 Å². The number of benzene rings is 1. The second kappa shape index (κ2) is 7.78. The zero-order valence-electron chi connectivity index (χ0n) is 18.0. The molecule has 5 nitrogen and oxygen atoms in total. The number of nitrogens with zero attached hydrogens (tertiary/aromatic N) is 4. The van der Waals surface area contributed by atoms with Gasteiger partial charge in [-0.2, -0.15) is 5.10 Å². The zero-order valence-corrected chi connectivity index (χ0v) is 18.0. The van der Waals surface area contributed by atoms with Gasteiger partial charge in [-0.3, -0.25) is 4.79 Å². The van der Waals surface area contributed by atoms with Crippen molar-refractivity contribution in [2.24, 2.45) is 5.92 Å². The first-order valence-corrected chi connectivity index (χ1v) is 11.2. The highest BCUT2D eigenvalue weighted by Crippen LogP contribution is 2.33. The molecule has 1 aliphatic heterocycles. The van der Waals surface area contributed by atoms with E-state index in [0.29, 0.717) is 25.4 Å². The Morgan fingerprint density at radius 2 is 1.80 bits per heavy atom. The van der Waals surface area contributed by atoms with Gasteiger partial charge in [0.05, 0.1) is 24.5 Å². The number of aryl methyl sites for hydroxylation is 2. The van der Waals surface area contributed by atoms with Crippen LogP contribution in [0, 0.1) is 19.8 Å². The molecule has 5 rings (SSSR count). The molecule has 5 heteroatoms. The van der Waals surface area contributed by atoms with E-state index in [1.807, 2.05) is 21.7 Å². The summed E-state index contributed by atoms with van der Waals surface area (Å²) in [6, 6.07) is 10.5. The molecule has 0 N–H and O–H groups in total. The fraction of sp³-hybridized carbons (Fsp3) is 0.440. The molecule has 1 aromatic carbocycles. The Bertz CT molecular complexity index is 1060. The summed E-state index contributed by atoms with van der Waals surface area (Å²) in [6.07, 6.45) is 11.1.